The molecule has 2 heteroatoms. The molecular weight excluding hydrogens is 364 g/mol. The molecule has 0 unspecified atom stereocenters. The second kappa shape index (κ2) is 7.64. The highest BCUT2D eigenvalue weighted by Crippen LogP contribution is 2.35. The summed E-state index contributed by atoms with van der Waals surface area (Å²) in [5.41, 5.74) is 8.20. The fraction of sp³-hybridized carbons (Fsp3) is 0.107. The highest BCUT2D eigenvalue weighted by Gasteiger charge is 2.18. The van der Waals surface area contributed by atoms with Crippen molar-refractivity contribution < 1.29 is 0 Å². The Morgan fingerprint density at radius 2 is 1.27 bits per heavy atom. The van der Waals surface area contributed by atoms with Gasteiger partial charge in [-0.15, -0.1) is 0 Å². The molecule has 0 saturated carbocycles. The second-order valence-corrected chi connectivity index (χ2v) is 7.92. The summed E-state index contributed by atoms with van der Waals surface area (Å²) in [4.78, 5) is 5.03. The van der Waals surface area contributed by atoms with Crippen molar-refractivity contribution in [1.29, 1.82) is 0 Å². The fourth-order valence-electron chi connectivity index (χ4n) is 4.09. The van der Waals surface area contributed by atoms with Crippen LogP contribution in [0.25, 0.3) is 39.2 Å². The Morgan fingerprint density at radius 1 is 0.633 bits per heavy atom. The highest BCUT2D eigenvalue weighted by molar-refractivity contribution is 5.84. The van der Waals surface area contributed by atoms with Crippen LogP contribution in [0.5, 0.6) is 0 Å². The topological polar surface area (TPSA) is 17.8 Å². The third-order valence-electron chi connectivity index (χ3n) is 5.59. The predicted molar refractivity (Wildman–Crippen MR) is 126 cm³/mol. The van der Waals surface area contributed by atoms with Crippen LogP contribution in [0.2, 0.25) is 0 Å². The largest absolute Gasteiger partial charge is 0.292 e. The van der Waals surface area contributed by atoms with Crippen LogP contribution in [0.1, 0.15) is 25.3 Å². The van der Waals surface area contributed by atoms with Gasteiger partial charge in [-0.2, -0.15) is 0 Å². The van der Waals surface area contributed by atoms with Crippen LogP contribution >= 0.6 is 0 Å². The van der Waals surface area contributed by atoms with Crippen molar-refractivity contribution in [1.82, 2.24) is 9.55 Å². The van der Waals surface area contributed by atoms with Crippen molar-refractivity contribution in [3.63, 3.8) is 0 Å². The van der Waals surface area contributed by atoms with E-state index in [1.807, 2.05) is 6.07 Å². The Kier molecular flexibility index (Phi) is 4.68. The zero-order chi connectivity index (χ0) is 20.5. The lowest BCUT2D eigenvalue weighted by Crippen LogP contribution is -2.04. The number of nitrogens with zero attached hydrogens (tertiary/aromatic N) is 2. The molecule has 0 radical (unpaired) electrons. The number of hydrogen-bond acceptors (Lipinski definition) is 1. The average Bonchev–Trinajstić information content (AvgIpc) is 3.19. The number of para-hydroxylation sites is 2. The molecule has 5 aromatic rings. The molecule has 4 aromatic carbocycles. The summed E-state index contributed by atoms with van der Waals surface area (Å²) in [6.45, 7) is 4.50. The van der Waals surface area contributed by atoms with Crippen LogP contribution < -0.4 is 0 Å². The third kappa shape index (κ3) is 3.21. The molecule has 0 spiro atoms. The number of fused-ring (bicyclic) bond motifs is 1. The van der Waals surface area contributed by atoms with Gasteiger partial charge in [-0.3, -0.25) is 4.57 Å². The van der Waals surface area contributed by atoms with E-state index in [-0.39, 0.29) is 0 Å². The molecule has 0 aliphatic rings. The number of aromatic nitrogens is 2. The number of benzene rings is 4. The van der Waals surface area contributed by atoms with E-state index in [2.05, 4.69) is 115 Å². The van der Waals surface area contributed by atoms with E-state index in [1.54, 1.807) is 0 Å². The van der Waals surface area contributed by atoms with Gasteiger partial charge in [0.25, 0.3) is 0 Å². The molecule has 1 aromatic heterocycles. The maximum absolute atomic E-state index is 5.03. The van der Waals surface area contributed by atoms with Gasteiger partial charge in [-0.25, -0.2) is 4.98 Å². The number of hydrogen-bond donors (Lipinski definition) is 0. The molecule has 0 bridgehead atoms. The van der Waals surface area contributed by atoms with Gasteiger partial charge in [0.2, 0.25) is 0 Å². The summed E-state index contributed by atoms with van der Waals surface area (Å²) >= 11 is 0. The molecule has 5 rings (SSSR count). The molecule has 30 heavy (non-hydrogen) atoms. The van der Waals surface area contributed by atoms with E-state index in [4.69, 9.17) is 4.98 Å². The normalized spacial score (nSPS) is 11.3. The summed E-state index contributed by atoms with van der Waals surface area (Å²) in [6, 6.07) is 36.2. The Bertz CT molecular complexity index is 1300. The van der Waals surface area contributed by atoms with Gasteiger partial charge in [0.05, 0.1) is 16.7 Å². The van der Waals surface area contributed by atoms with Crippen LogP contribution in [0.15, 0.2) is 103 Å². The smallest absolute Gasteiger partial charge is 0.145 e. The average molecular weight is 389 g/mol. The first-order chi connectivity index (χ1) is 14.7. The van der Waals surface area contributed by atoms with Gasteiger partial charge in [0, 0.05) is 5.56 Å². The van der Waals surface area contributed by atoms with Crippen LogP contribution in [0.4, 0.5) is 0 Å². The maximum Gasteiger partial charge on any atom is 0.145 e. The van der Waals surface area contributed by atoms with Gasteiger partial charge in [-0.1, -0.05) is 98.8 Å². The van der Waals surface area contributed by atoms with Crippen LogP contribution in [0, 0.1) is 0 Å². The Hall–Kier alpha value is -3.65. The summed E-state index contributed by atoms with van der Waals surface area (Å²) < 4.78 is 2.33. The van der Waals surface area contributed by atoms with Crippen molar-refractivity contribution in [2.75, 3.05) is 0 Å². The van der Waals surface area contributed by atoms with Crippen molar-refractivity contribution in [3.8, 4) is 28.2 Å². The maximum atomic E-state index is 5.03. The minimum absolute atomic E-state index is 0.398. The Morgan fingerprint density at radius 3 is 1.97 bits per heavy atom. The lowest BCUT2D eigenvalue weighted by Gasteiger charge is -2.18. The van der Waals surface area contributed by atoms with Crippen LogP contribution in [-0.2, 0) is 0 Å². The van der Waals surface area contributed by atoms with Gasteiger partial charge in [-0.05, 0) is 40.8 Å². The van der Waals surface area contributed by atoms with E-state index in [9.17, 15) is 0 Å². The van der Waals surface area contributed by atoms with Gasteiger partial charge < -0.3 is 0 Å². The molecule has 146 valence electrons. The summed E-state index contributed by atoms with van der Waals surface area (Å²) in [5.74, 6) is 1.37. The van der Waals surface area contributed by atoms with E-state index in [1.165, 1.54) is 22.4 Å². The molecule has 0 fully saturated rings. The molecule has 0 aliphatic heterocycles. The zero-order valence-electron chi connectivity index (χ0n) is 17.3. The Labute approximate surface area is 177 Å². The second-order valence-electron chi connectivity index (χ2n) is 7.92. The molecule has 2 nitrogen and oxygen atoms in total. The lowest BCUT2D eigenvalue weighted by atomic mass is 9.96. The van der Waals surface area contributed by atoms with Gasteiger partial charge >= 0.3 is 0 Å². The number of rotatable bonds is 4. The molecule has 1 heterocycles. The van der Waals surface area contributed by atoms with E-state index >= 15 is 0 Å². The predicted octanol–water partition coefficient (Wildman–Crippen LogP) is 7.48. The first-order valence-electron chi connectivity index (χ1n) is 10.4. The molecule has 0 N–H and O–H groups in total. The Balaban J connectivity index is 1.83. The molecular formula is C28H24N2. The van der Waals surface area contributed by atoms with Crippen molar-refractivity contribution in [2.24, 2.45) is 0 Å². The van der Waals surface area contributed by atoms with Crippen molar-refractivity contribution in [3.05, 3.63) is 109 Å². The lowest BCUT2D eigenvalue weighted by molar-refractivity contribution is 0.851. The molecule has 0 atom stereocenters. The summed E-state index contributed by atoms with van der Waals surface area (Å²) in [5, 5.41) is 0. The first-order valence-corrected chi connectivity index (χ1v) is 10.4. The van der Waals surface area contributed by atoms with E-state index < -0.39 is 0 Å². The molecule has 0 amide bonds. The van der Waals surface area contributed by atoms with Gasteiger partial charge in [0.1, 0.15) is 5.82 Å². The van der Waals surface area contributed by atoms with Gasteiger partial charge in [0.15, 0.2) is 0 Å². The van der Waals surface area contributed by atoms with E-state index in [0.717, 1.165) is 22.4 Å². The molecule has 0 saturated heterocycles. The zero-order valence-corrected chi connectivity index (χ0v) is 17.3. The van der Waals surface area contributed by atoms with Crippen LogP contribution in [-0.4, -0.2) is 9.55 Å². The standard InChI is InChI=1S/C28H24N2/c1-20(2)24-18-17-23(21-11-5-3-6-12-21)19-27(24)30-26-16-10-9-15-25(26)29-28(30)22-13-7-4-8-14-22/h3-20H,1-2H3. The SMILES string of the molecule is CC(C)c1ccc(-c2ccccc2)cc1-n1c(-c2ccccc2)nc2ccccc21. The minimum Gasteiger partial charge on any atom is -0.292 e. The highest BCUT2D eigenvalue weighted by atomic mass is 15.1. The fourth-order valence-corrected chi connectivity index (χ4v) is 4.09. The van der Waals surface area contributed by atoms with Crippen molar-refractivity contribution in [2.45, 2.75) is 19.8 Å². The van der Waals surface area contributed by atoms with Crippen molar-refractivity contribution >= 4 is 11.0 Å². The number of imidazole rings is 1. The summed E-state index contributed by atoms with van der Waals surface area (Å²) in [6.07, 6.45) is 0. The molecule has 0 aliphatic carbocycles. The third-order valence-corrected chi connectivity index (χ3v) is 5.59. The monoisotopic (exact) mass is 388 g/mol. The first kappa shape index (κ1) is 18.4. The van der Waals surface area contributed by atoms with E-state index in [0.29, 0.717) is 5.92 Å². The quantitative estimate of drug-likeness (QED) is 0.312. The minimum atomic E-state index is 0.398. The van der Waals surface area contributed by atoms with Crippen LogP contribution in [0.3, 0.4) is 0 Å². The summed E-state index contributed by atoms with van der Waals surface area (Å²) in [7, 11) is 0.